The Balaban J connectivity index is 2.43. The van der Waals surface area contributed by atoms with Crippen LogP contribution in [0.1, 0.15) is 25.7 Å². The third-order valence-electron chi connectivity index (χ3n) is 2.17. The topological polar surface area (TPSA) is 48.2 Å². The van der Waals surface area contributed by atoms with Gasteiger partial charge >= 0.3 is 0 Å². The normalized spacial score (nSPS) is 17.1. The van der Waals surface area contributed by atoms with E-state index in [2.05, 4.69) is 16.4 Å². The van der Waals surface area contributed by atoms with Gasteiger partial charge in [0.1, 0.15) is 0 Å². The molecule has 0 aliphatic heterocycles. The molecule has 1 rings (SSSR count). The summed E-state index contributed by atoms with van der Waals surface area (Å²) < 4.78 is 0. The minimum Gasteiger partial charge on any atom is -0.272 e. The first-order chi connectivity index (χ1) is 6.86. The molecule has 0 aromatic heterocycles. The molecule has 1 aliphatic rings. The van der Waals surface area contributed by atoms with Gasteiger partial charge < -0.3 is 0 Å². The predicted molar refractivity (Wildman–Crippen MR) is 61.1 cm³/mol. The van der Waals surface area contributed by atoms with Crippen molar-refractivity contribution in [2.24, 2.45) is 4.99 Å². The highest BCUT2D eigenvalue weighted by Gasteiger charge is 2.03. The summed E-state index contributed by atoms with van der Waals surface area (Å²) in [5.74, 6) is 0. The highest BCUT2D eigenvalue weighted by Crippen LogP contribution is 2.17. The molecular weight excluding hydrogens is 194 g/mol. The van der Waals surface area contributed by atoms with Crippen molar-refractivity contribution >= 4 is 16.9 Å². The van der Waals surface area contributed by atoms with Crippen LogP contribution >= 0.6 is 11.8 Å². The summed E-state index contributed by atoms with van der Waals surface area (Å²) in [6.45, 7) is 0.741. The van der Waals surface area contributed by atoms with Gasteiger partial charge in [-0.2, -0.15) is 5.26 Å². The van der Waals surface area contributed by atoms with E-state index < -0.39 is 0 Å². The molecule has 0 heterocycles. The molecule has 0 aromatic rings. The number of amidine groups is 1. The molecule has 0 bridgehead atoms. The van der Waals surface area contributed by atoms with E-state index in [-0.39, 0.29) is 0 Å². The van der Waals surface area contributed by atoms with Gasteiger partial charge in [-0.15, -0.1) is 0 Å². The smallest absolute Gasteiger partial charge is 0.183 e. The van der Waals surface area contributed by atoms with E-state index >= 15 is 0 Å². The lowest BCUT2D eigenvalue weighted by Crippen LogP contribution is -2.14. The largest absolute Gasteiger partial charge is 0.272 e. The van der Waals surface area contributed by atoms with Crippen molar-refractivity contribution in [1.29, 1.82) is 5.26 Å². The number of hydrogen-bond donors (Lipinski definition) is 1. The van der Waals surface area contributed by atoms with Crippen LogP contribution in [0, 0.1) is 11.5 Å². The minimum atomic E-state index is 0.707. The zero-order valence-corrected chi connectivity index (χ0v) is 9.23. The lowest BCUT2D eigenvalue weighted by atomic mass is 10.00. The summed E-state index contributed by atoms with van der Waals surface area (Å²) >= 11 is 1.47. The summed E-state index contributed by atoms with van der Waals surface area (Å²) in [4.78, 5) is 4.33. The van der Waals surface area contributed by atoms with Crippen LogP contribution in [0.5, 0.6) is 0 Å². The molecule has 76 valence electrons. The zero-order chi connectivity index (χ0) is 10.2. The van der Waals surface area contributed by atoms with Crippen LogP contribution in [-0.2, 0) is 0 Å². The Hall–Kier alpha value is -0.950. The van der Waals surface area contributed by atoms with Gasteiger partial charge in [-0.05, 0) is 31.9 Å². The van der Waals surface area contributed by atoms with Crippen molar-refractivity contribution in [3.63, 3.8) is 0 Å². The van der Waals surface area contributed by atoms with Crippen LogP contribution in [-0.4, -0.2) is 18.0 Å². The maximum absolute atomic E-state index is 8.43. The molecule has 1 N–H and O–H groups in total. The quantitative estimate of drug-likeness (QED) is 0.249. The molecule has 0 amide bonds. The van der Waals surface area contributed by atoms with E-state index in [0.717, 1.165) is 13.0 Å². The molecule has 1 aliphatic carbocycles. The molecule has 0 spiro atoms. The molecular formula is C10H15N3S. The highest BCUT2D eigenvalue weighted by molar-refractivity contribution is 8.13. The SMILES string of the molecule is CSC(=NCC1=CCCCC1)NC#N. The Bertz CT molecular complexity index is 276. The number of rotatable bonds is 2. The molecule has 4 heteroatoms. The van der Waals surface area contributed by atoms with Crippen molar-refractivity contribution in [1.82, 2.24) is 5.32 Å². The Morgan fingerprint density at radius 3 is 3.14 bits per heavy atom. The molecule has 14 heavy (non-hydrogen) atoms. The summed E-state index contributed by atoms with van der Waals surface area (Å²) in [7, 11) is 0. The van der Waals surface area contributed by atoms with Crippen molar-refractivity contribution in [3.8, 4) is 6.19 Å². The van der Waals surface area contributed by atoms with Gasteiger partial charge in [0.2, 0.25) is 0 Å². The third kappa shape index (κ3) is 3.84. The molecule has 0 saturated carbocycles. The fraction of sp³-hybridized carbons (Fsp3) is 0.600. The van der Waals surface area contributed by atoms with E-state index in [1.807, 2.05) is 12.4 Å². The first-order valence-corrected chi connectivity index (χ1v) is 6.00. The van der Waals surface area contributed by atoms with Crippen LogP contribution in [0.15, 0.2) is 16.6 Å². The molecule has 3 nitrogen and oxygen atoms in total. The fourth-order valence-corrected chi connectivity index (χ4v) is 1.77. The van der Waals surface area contributed by atoms with Crippen LogP contribution in [0.2, 0.25) is 0 Å². The highest BCUT2D eigenvalue weighted by atomic mass is 32.2. The molecule has 0 saturated heterocycles. The van der Waals surface area contributed by atoms with E-state index in [0.29, 0.717) is 5.17 Å². The van der Waals surface area contributed by atoms with Gasteiger partial charge in [0.05, 0.1) is 6.54 Å². The van der Waals surface area contributed by atoms with E-state index in [1.54, 1.807) is 0 Å². The predicted octanol–water partition coefficient (Wildman–Crippen LogP) is 2.28. The summed E-state index contributed by atoms with van der Waals surface area (Å²) in [6, 6.07) is 0. The number of nitriles is 1. The number of nitrogens with zero attached hydrogens (tertiary/aromatic N) is 2. The van der Waals surface area contributed by atoms with Crippen LogP contribution < -0.4 is 5.32 Å². The monoisotopic (exact) mass is 209 g/mol. The van der Waals surface area contributed by atoms with Crippen molar-refractivity contribution < 1.29 is 0 Å². The van der Waals surface area contributed by atoms with Crippen molar-refractivity contribution in [2.45, 2.75) is 25.7 Å². The second-order valence-corrected chi connectivity index (χ2v) is 3.97. The average molecular weight is 209 g/mol. The van der Waals surface area contributed by atoms with Gasteiger partial charge in [-0.3, -0.25) is 10.3 Å². The lowest BCUT2D eigenvalue weighted by Gasteiger charge is -2.10. The van der Waals surface area contributed by atoms with E-state index in [1.165, 1.54) is 36.6 Å². The Morgan fingerprint density at radius 1 is 1.71 bits per heavy atom. The number of aliphatic imine (C=N–C) groups is 1. The molecule has 0 radical (unpaired) electrons. The molecule has 0 aromatic carbocycles. The van der Waals surface area contributed by atoms with Crippen molar-refractivity contribution in [3.05, 3.63) is 11.6 Å². The average Bonchev–Trinajstić information content (AvgIpc) is 2.25. The van der Waals surface area contributed by atoms with Gasteiger partial charge in [-0.1, -0.05) is 23.4 Å². The standard InChI is InChI=1S/C10H15N3S/c1-14-10(13-8-11)12-7-9-5-3-2-4-6-9/h5H,2-4,6-7H2,1H3,(H,12,13). The molecule has 0 atom stereocenters. The number of allylic oxidation sites excluding steroid dienone is 1. The third-order valence-corrected chi connectivity index (χ3v) is 2.78. The van der Waals surface area contributed by atoms with Crippen LogP contribution in [0.3, 0.4) is 0 Å². The first-order valence-electron chi connectivity index (χ1n) is 4.78. The number of nitrogens with one attached hydrogen (secondary N) is 1. The lowest BCUT2D eigenvalue weighted by molar-refractivity contribution is 0.691. The molecule has 0 unspecified atom stereocenters. The van der Waals surface area contributed by atoms with Gasteiger partial charge in [0.25, 0.3) is 0 Å². The number of hydrogen-bond acceptors (Lipinski definition) is 3. The summed E-state index contributed by atoms with van der Waals surface area (Å²) in [6.07, 6.45) is 11.0. The summed E-state index contributed by atoms with van der Waals surface area (Å²) in [5.41, 5.74) is 1.41. The minimum absolute atomic E-state index is 0.707. The maximum atomic E-state index is 8.43. The number of thioether (sulfide) groups is 1. The Labute approximate surface area is 89.3 Å². The second-order valence-electron chi connectivity index (χ2n) is 3.17. The second kappa shape index (κ2) is 6.50. The maximum Gasteiger partial charge on any atom is 0.183 e. The van der Waals surface area contributed by atoms with Gasteiger partial charge in [0.15, 0.2) is 11.4 Å². The van der Waals surface area contributed by atoms with Gasteiger partial charge in [-0.25, -0.2) is 0 Å². The van der Waals surface area contributed by atoms with E-state index in [9.17, 15) is 0 Å². The molecule has 0 fully saturated rings. The van der Waals surface area contributed by atoms with Gasteiger partial charge in [0, 0.05) is 0 Å². The van der Waals surface area contributed by atoms with Crippen molar-refractivity contribution in [2.75, 3.05) is 12.8 Å². The summed E-state index contributed by atoms with van der Waals surface area (Å²) in [5, 5.41) is 11.7. The zero-order valence-electron chi connectivity index (χ0n) is 8.42. The first kappa shape index (κ1) is 11.1. The van der Waals surface area contributed by atoms with E-state index in [4.69, 9.17) is 5.26 Å². The Morgan fingerprint density at radius 2 is 2.57 bits per heavy atom. The fourth-order valence-electron chi connectivity index (χ4n) is 1.42. The van der Waals surface area contributed by atoms with Crippen LogP contribution in [0.4, 0.5) is 0 Å². The Kier molecular flexibility index (Phi) is 5.16. The van der Waals surface area contributed by atoms with Crippen LogP contribution in [0.25, 0.3) is 0 Å².